The minimum atomic E-state index is -5.51. The third-order valence-corrected chi connectivity index (χ3v) is 6.89. The van der Waals surface area contributed by atoms with Crippen molar-refractivity contribution >= 4 is 40.3 Å². The molecule has 0 amide bonds. The third-order valence-electron chi connectivity index (χ3n) is 3.15. The highest BCUT2D eigenvalue weighted by molar-refractivity contribution is 14.2. The van der Waals surface area contributed by atoms with Gasteiger partial charge in [-0.2, -0.15) is 21.6 Å². The van der Waals surface area contributed by atoms with Crippen molar-refractivity contribution in [2.75, 3.05) is 0 Å². The van der Waals surface area contributed by atoms with Crippen LogP contribution in [0, 0.1) is 11.8 Å². The summed E-state index contributed by atoms with van der Waals surface area (Å²) in [6.07, 6.45) is 0.628. The molecule has 0 aliphatic heterocycles. The van der Waals surface area contributed by atoms with E-state index in [0.29, 0.717) is 6.42 Å². The van der Waals surface area contributed by atoms with Crippen molar-refractivity contribution in [3.05, 3.63) is 0 Å². The third kappa shape index (κ3) is 3.66. The molecule has 18 heavy (non-hydrogen) atoms. The maximum atomic E-state index is 12.3. The summed E-state index contributed by atoms with van der Waals surface area (Å²) in [7, 11) is -4.18. The van der Waals surface area contributed by atoms with E-state index in [9.17, 15) is 21.6 Å². The highest BCUT2D eigenvalue weighted by atomic mass is 127. The fourth-order valence-electron chi connectivity index (χ4n) is 1.99. The number of alkyl halides is 3. The molecule has 0 aromatic heterocycles. The predicted molar refractivity (Wildman–Crippen MR) is 72.8 cm³/mol. The van der Waals surface area contributed by atoms with Gasteiger partial charge >= 0.3 is 15.6 Å². The molecule has 4 atom stereocenters. The second-order valence-corrected chi connectivity index (χ2v) is 8.36. The van der Waals surface area contributed by atoms with E-state index in [2.05, 4.69) is 4.18 Å². The van der Waals surface area contributed by atoms with Crippen LogP contribution >= 0.6 is 30.1 Å². The van der Waals surface area contributed by atoms with Crippen LogP contribution in [0.3, 0.4) is 0 Å². The van der Waals surface area contributed by atoms with Gasteiger partial charge in [0.15, 0.2) is 0 Å². The zero-order chi connectivity index (χ0) is 14.1. The molecule has 0 aromatic carbocycles. The molecule has 108 valence electrons. The second kappa shape index (κ2) is 6.04. The Kier molecular flexibility index (Phi) is 5.65. The van der Waals surface area contributed by atoms with E-state index < -0.39 is 21.7 Å². The Morgan fingerprint density at radius 1 is 1.22 bits per heavy atom. The Morgan fingerprint density at radius 2 is 1.72 bits per heavy atom. The lowest BCUT2D eigenvalue weighted by atomic mass is 9.81. The normalized spacial score (nSPS) is 34.6. The molecule has 0 bridgehead atoms. The number of rotatable bonds is 3. The van der Waals surface area contributed by atoms with Crippen LogP contribution in [0.5, 0.6) is 0 Å². The van der Waals surface area contributed by atoms with Crippen molar-refractivity contribution in [3.8, 4) is 0 Å². The molecule has 9 heteroatoms. The zero-order valence-electron chi connectivity index (χ0n) is 9.78. The van der Waals surface area contributed by atoms with Gasteiger partial charge in [0, 0.05) is 5.25 Å². The van der Waals surface area contributed by atoms with E-state index in [1.807, 2.05) is 28.1 Å². The van der Waals surface area contributed by atoms with Gasteiger partial charge in [0.05, 0.1) is 6.10 Å². The molecule has 1 aliphatic rings. The van der Waals surface area contributed by atoms with Crippen LogP contribution in [-0.4, -0.2) is 25.3 Å². The molecule has 1 fully saturated rings. The Hall–Kier alpha value is 0.780. The van der Waals surface area contributed by atoms with Gasteiger partial charge in [-0.3, -0.25) is 4.18 Å². The van der Waals surface area contributed by atoms with Crippen LogP contribution in [-0.2, 0) is 14.3 Å². The van der Waals surface area contributed by atoms with Gasteiger partial charge in [-0.1, -0.05) is 22.8 Å². The van der Waals surface area contributed by atoms with E-state index >= 15 is 0 Å². The maximum absolute atomic E-state index is 12.3. The summed E-state index contributed by atoms with van der Waals surface area (Å²) >= 11 is 1.98. The minimum absolute atomic E-state index is 0.136. The summed E-state index contributed by atoms with van der Waals surface area (Å²) in [5.74, 6) is -0.0675. The molecule has 1 rings (SSSR count). The molecular formula is C9H14F3IO3S2. The van der Waals surface area contributed by atoms with Crippen molar-refractivity contribution in [1.29, 1.82) is 0 Å². The average Bonchev–Trinajstić information content (AvgIpc) is 2.22. The topological polar surface area (TPSA) is 43.4 Å². The van der Waals surface area contributed by atoms with E-state index in [1.165, 1.54) is 8.93 Å². The summed E-state index contributed by atoms with van der Waals surface area (Å²) in [6, 6.07) is 0. The molecule has 0 aromatic rings. The summed E-state index contributed by atoms with van der Waals surface area (Å²) < 4.78 is 63.6. The average molecular weight is 418 g/mol. The second-order valence-electron chi connectivity index (χ2n) is 4.55. The summed E-state index contributed by atoms with van der Waals surface area (Å²) in [4.78, 5) is 0. The van der Waals surface area contributed by atoms with Gasteiger partial charge in [-0.25, -0.2) is 0 Å². The van der Waals surface area contributed by atoms with Crippen molar-refractivity contribution in [1.82, 2.24) is 0 Å². The van der Waals surface area contributed by atoms with E-state index in [1.54, 1.807) is 6.92 Å². The predicted octanol–water partition coefficient (Wildman–Crippen LogP) is 3.74. The van der Waals surface area contributed by atoms with Gasteiger partial charge in [0.1, 0.15) is 0 Å². The SMILES string of the molecule is CC1CCC(C)C(SI)C1OS(=O)(=O)C(F)(F)F. The van der Waals surface area contributed by atoms with E-state index in [4.69, 9.17) is 0 Å². The smallest absolute Gasteiger partial charge is 0.258 e. The quantitative estimate of drug-likeness (QED) is 0.398. The lowest BCUT2D eigenvalue weighted by Gasteiger charge is -2.38. The lowest BCUT2D eigenvalue weighted by Crippen LogP contribution is -2.44. The first-order valence-electron chi connectivity index (χ1n) is 5.37. The lowest BCUT2D eigenvalue weighted by molar-refractivity contribution is -0.0612. The van der Waals surface area contributed by atoms with Crippen LogP contribution in [0.15, 0.2) is 0 Å². The Balaban J connectivity index is 2.92. The molecule has 4 unspecified atom stereocenters. The van der Waals surface area contributed by atoms with Crippen molar-refractivity contribution in [2.24, 2.45) is 11.8 Å². The van der Waals surface area contributed by atoms with Gasteiger partial charge in [0.2, 0.25) is 0 Å². The largest absolute Gasteiger partial charge is 0.523 e. The van der Waals surface area contributed by atoms with Crippen molar-refractivity contribution in [2.45, 2.75) is 43.6 Å². The van der Waals surface area contributed by atoms with E-state index in [0.717, 1.165) is 6.42 Å². The van der Waals surface area contributed by atoms with Crippen LogP contribution in [0.2, 0.25) is 0 Å². The first kappa shape index (κ1) is 16.8. The van der Waals surface area contributed by atoms with Crippen LogP contribution in [0.25, 0.3) is 0 Å². The Morgan fingerprint density at radius 3 is 2.17 bits per heavy atom. The fourth-order valence-corrected chi connectivity index (χ4v) is 5.88. The highest BCUT2D eigenvalue weighted by Gasteiger charge is 2.51. The Labute approximate surface area is 121 Å². The van der Waals surface area contributed by atoms with Gasteiger partial charge in [-0.15, -0.1) is 0 Å². The molecule has 0 heterocycles. The molecule has 0 spiro atoms. The number of hydrogen-bond acceptors (Lipinski definition) is 4. The monoisotopic (exact) mass is 418 g/mol. The first-order valence-corrected chi connectivity index (χ1v) is 10.2. The van der Waals surface area contributed by atoms with Crippen LogP contribution < -0.4 is 0 Å². The molecule has 0 saturated heterocycles. The van der Waals surface area contributed by atoms with Crippen LogP contribution in [0.1, 0.15) is 26.7 Å². The summed E-state index contributed by atoms with van der Waals surface area (Å²) in [5, 5.41) is -0.244. The molecule has 3 nitrogen and oxygen atoms in total. The molecule has 0 N–H and O–H groups in total. The summed E-state index contributed by atoms with van der Waals surface area (Å²) in [5.41, 5.74) is -5.35. The summed E-state index contributed by atoms with van der Waals surface area (Å²) in [6.45, 7) is 3.63. The molecule has 1 aliphatic carbocycles. The van der Waals surface area contributed by atoms with Crippen molar-refractivity contribution in [3.63, 3.8) is 0 Å². The first-order chi connectivity index (χ1) is 8.10. The van der Waals surface area contributed by atoms with Crippen LogP contribution in [0.4, 0.5) is 13.2 Å². The zero-order valence-corrected chi connectivity index (χ0v) is 13.6. The maximum Gasteiger partial charge on any atom is 0.523 e. The number of halogens is 4. The standard InChI is InChI=1S/C9H14F3IO3S2/c1-5-3-4-6(2)8(17-13)7(5)16-18(14,15)9(10,11)12/h5-8H,3-4H2,1-2H3. The van der Waals surface area contributed by atoms with Gasteiger partial charge in [-0.05, 0) is 45.9 Å². The highest BCUT2D eigenvalue weighted by Crippen LogP contribution is 2.42. The van der Waals surface area contributed by atoms with Crippen molar-refractivity contribution < 1.29 is 25.8 Å². The van der Waals surface area contributed by atoms with Gasteiger partial charge < -0.3 is 0 Å². The molecular weight excluding hydrogens is 404 g/mol. The molecule has 0 radical (unpaired) electrons. The minimum Gasteiger partial charge on any atom is -0.258 e. The van der Waals surface area contributed by atoms with E-state index in [-0.39, 0.29) is 17.1 Å². The molecule has 1 saturated carbocycles. The number of hydrogen-bond donors (Lipinski definition) is 0. The Bertz CT molecular complexity index is 385. The van der Waals surface area contributed by atoms with Gasteiger partial charge in [0.25, 0.3) is 0 Å². The fraction of sp³-hybridized carbons (Fsp3) is 1.00.